The Balaban J connectivity index is 1.11. The Labute approximate surface area is 250 Å². The lowest BCUT2D eigenvalue weighted by Gasteiger charge is -2.32. The molecular weight excluding hydrogens is 563 g/mol. The second-order valence-electron chi connectivity index (χ2n) is 11.1. The van der Waals surface area contributed by atoms with Crippen LogP contribution >= 0.6 is 0 Å². The first kappa shape index (κ1) is 27.5. The standard InChI is InChI=1S/C33H29FN6O4/c1-19-6-7-22(26-18-35-38-29(19)26)17-28(32-37-30(39-44-32)21-8-10-24(34)11-9-21)43-33(42)40-14-12-20(13-15-40)25-16-23-4-2-3-5-27(23)36-31(25)41/h2-11,16,18,20,28H,12-15,17H2,1H3,(H,35,38)(H,36,41)/t28-/m1/s1. The predicted octanol–water partition coefficient (Wildman–Crippen LogP) is 6.20. The smallest absolute Gasteiger partial charge is 0.410 e. The van der Waals surface area contributed by atoms with E-state index in [0.717, 1.165) is 38.5 Å². The number of hydrogen-bond acceptors (Lipinski definition) is 7. The molecular formula is C33H29FN6O4. The molecule has 1 saturated heterocycles. The Hall–Kier alpha value is -5.32. The van der Waals surface area contributed by atoms with Crippen LogP contribution in [-0.2, 0) is 11.2 Å². The van der Waals surface area contributed by atoms with Gasteiger partial charge in [0.15, 0.2) is 6.10 Å². The minimum atomic E-state index is -0.883. The number of likely N-dealkylation sites (tertiary alicyclic amines) is 1. The van der Waals surface area contributed by atoms with Crippen LogP contribution in [0, 0.1) is 12.7 Å². The summed E-state index contributed by atoms with van der Waals surface area (Å²) in [6.45, 7) is 2.86. The molecule has 4 heterocycles. The van der Waals surface area contributed by atoms with Gasteiger partial charge in [0.1, 0.15) is 5.82 Å². The van der Waals surface area contributed by atoms with Crippen LogP contribution in [0.2, 0.25) is 0 Å². The number of rotatable bonds is 6. The highest BCUT2D eigenvalue weighted by atomic mass is 19.1. The average molecular weight is 593 g/mol. The summed E-state index contributed by atoms with van der Waals surface area (Å²) in [6.07, 6.45) is 1.89. The van der Waals surface area contributed by atoms with Crippen molar-refractivity contribution in [3.05, 3.63) is 112 Å². The summed E-state index contributed by atoms with van der Waals surface area (Å²) in [4.78, 5) is 35.5. The molecule has 3 aromatic heterocycles. The number of fused-ring (bicyclic) bond motifs is 2. The first-order valence-electron chi connectivity index (χ1n) is 14.5. The van der Waals surface area contributed by atoms with E-state index in [-0.39, 0.29) is 35.4 Å². The number of amides is 1. The number of halogens is 1. The molecule has 1 fully saturated rings. The zero-order chi connectivity index (χ0) is 30.2. The van der Waals surface area contributed by atoms with Gasteiger partial charge in [-0.2, -0.15) is 10.1 Å². The lowest BCUT2D eigenvalue weighted by Crippen LogP contribution is -2.39. The quantitative estimate of drug-likeness (QED) is 0.235. The summed E-state index contributed by atoms with van der Waals surface area (Å²) in [5, 5.41) is 13.2. The number of ether oxygens (including phenoxy) is 1. The molecule has 3 aromatic carbocycles. The van der Waals surface area contributed by atoms with Gasteiger partial charge in [0.05, 0.1) is 11.7 Å². The number of carbonyl (C=O) groups is 1. The number of pyridine rings is 1. The minimum absolute atomic E-state index is 0.0272. The molecule has 0 unspecified atom stereocenters. The molecule has 7 rings (SSSR count). The zero-order valence-corrected chi connectivity index (χ0v) is 23.9. The van der Waals surface area contributed by atoms with E-state index in [1.54, 1.807) is 23.2 Å². The predicted molar refractivity (Wildman–Crippen MR) is 162 cm³/mol. The summed E-state index contributed by atoms with van der Waals surface area (Å²) in [5.41, 5.74) is 4.85. The zero-order valence-electron chi connectivity index (χ0n) is 23.9. The van der Waals surface area contributed by atoms with Crippen molar-refractivity contribution in [1.82, 2.24) is 30.2 Å². The summed E-state index contributed by atoms with van der Waals surface area (Å²) < 4.78 is 25.1. The van der Waals surface area contributed by atoms with Crippen LogP contribution in [0.1, 0.15) is 47.4 Å². The fourth-order valence-electron chi connectivity index (χ4n) is 5.91. The van der Waals surface area contributed by atoms with Gasteiger partial charge in [-0.05, 0) is 78.6 Å². The van der Waals surface area contributed by atoms with Crippen molar-refractivity contribution in [2.75, 3.05) is 13.1 Å². The number of benzene rings is 3. The Bertz CT molecular complexity index is 2020. The van der Waals surface area contributed by atoms with E-state index < -0.39 is 12.2 Å². The summed E-state index contributed by atoms with van der Waals surface area (Å²) in [5.74, 6) is 0.0495. The number of piperidine rings is 1. The van der Waals surface area contributed by atoms with Gasteiger partial charge in [0, 0.05) is 41.5 Å². The Morgan fingerprint density at radius 2 is 1.91 bits per heavy atom. The molecule has 11 heteroatoms. The van der Waals surface area contributed by atoms with Crippen molar-refractivity contribution in [1.29, 1.82) is 0 Å². The number of aromatic nitrogens is 5. The minimum Gasteiger partial charge on any atom is -0.436 e. The molecule has 0 spiro atoms. The maximum Gasteiger partial charge on any atom is 0.410 e. The van der Waals surface area contributed by atoms with E-state index >= 15 is 0 Å². The van der Waals surface area contributed by atoms with Crippen LogP contribution in [0.15, 0.2) is 82.2 Å². The molecule has 222 valence electrons. The fraction of sp³-hybridized carbons (Fsp3) is 0.242. The second kappa shape index (κ2) is 11.4. The summed E-state index contributed by atoms with van der Waals surface area (Å²) >= 11 is 0. The first-order chi connectivity index (χ1) is 21.4. The molecule has 0 saturated carbocycles. The van der Waals surface area contributed by atoms with E-state index in [9.17, 15) is 14.0 Å². The highest BCUT2D eigenvalue weighted by molar-refractivity contribution is 5.84. The van der Waals surface area contributed by atoms with E-state index in [2.05, 4.69) is 25.3 Å². The molecule has 44 heavy (non-hydrogen) atoms. The van der Waals surface area contributed by atoms with Gasteiger partial charge in [-0.3, -0.25) is 9.89 Å². The molecule has 2 N–H and O–H groups in total. The number of aryl methyl sites for hydroxylation is 1. The van der Waals surface area contributed by atoms with Crippen molar-refractivity contribution < 1.29 is 18.4 Å². The van der Waals surface area contributed by atoms with E-state index in [4.69, 9.17) is 9.26 Å². The van der Waals surface area contributed by atoms with Crippen LogP contribution < -0.4 is 5.56 Å². The number of aromatic amines is 2. The summed E-state index contributed by atoms with van der Waals surface area (Å²) in [7, 11) is 0. The van der Waals surface area contributed by atoms with Gasteiger partial charge in [-0.1, -0.05) is 35.5 Å². The number of para-hydroxylation sites is 1. The number of hydrogen-bond donors (Lipinski definition) is 2. The van der Waals surface area contributed by atoms with E-state index in [1.807, 2.05) is 49.4 Å². The third-order valence-corrected chi connectivity index (χ3v) is 8.36. The Morgan fingerprint density at radius 1 is 1.11 bits per heavy atom. The number of H-pyrrole nitrogens is 2. The lowest BCUT2D eigenvalue weighted by atomic mass is 9.89. The van der Waals surface area contributed by atoms with Crippen LogP contribution in [0.25, 0.3) is 33.2 Å². The molecule has 1 aliphatic heterocycles. The van der Waals surface area contributed by atoms with Gasteiger partial charge < -0.3 is 19.1 Å². The van der Waals surface area contributed by atoms with Crippen LogP contribution in [-0.4, -0.2) is 49.4 Å². The first-order valence-corrected chi connectivity index (χ1v) is 14.5. The monoisotopic (exact) mass is 592 g/mol. The molecule has 10 nitrogen and oxygen atoms in total. The Kier molecular flexibility index (Phi) is 7.13. The molecule has 1 amide bonds. The fourth-order valence-corrected chi connectivity index (χ4v) is 5.91. The van der Waals surface area contributed by atoms with E-state index in [0.29, 0.717) is 31.5 Å². The van der Waals surface area contributed by atoms with Gasteiger partial charge in [-0.25, -0.2) is 9.18 Å². The second-order valence-corrected chi connectivity index (χ2v) is 11.1. The third-order valence-electron chi connectivity index (χ3n) is 8.36. The molecule has 0 radical (unpaired) electrons. The molecule has 6 aromatic rings. The largest absolute Gasteiger partial charge is 0.436 e. The van der Waals surface area contributed by atoms with E-state index in [1.165, 1.54) is 12.1 Å². The molecule has 0 aliphatic carbocycles. The maximum atomic E-state index is 13.5. The average Bonchev–Trinajstić information content (AvgIpc) is 3.74. The van der Waals surface area contributed by atoms with Gasteiger partial charge in [0.2, 0.25) is 5.82 Å². The van der Waals surface area contributed by atoms with Crippen LogP contribution in [0.3, 0.4) is 0 Å². The number of carbonyl (C=O) groups excluding carboxylic acids is 1. The van der Waals surface area contributed by atoms with Crippen molar-refractivity contribution in [2.45, 2.75) is 38.2 Å². The van der Waals surface area contributed by atoms with Crippen molar-refractivity contribution in [2.24, 2.45) is 0 Å². The highest BCUT2D eigenvalue weighted by Gasteiger charge is 2.31. The van der Waals surface area contributed by atoms with Crippen LogP contribution in [0.4, 0.5) is 9.18 Å². The van der Waals surface area contributed by atoms with Crippen molar-refractivity contribution >= 4 is 27.9 Å². The van der Waals surface area contributed by atoms with Gasteiger partial charge >= 0.3 is 6.09 Å². The summed E-state index contributed by atoms with van der Waals surface area (Å²) in [6, 6.07) is 19.4. The normalized spacial score (nSPS) is 14.7. The lowest BCUT2D eigenvalue weighted by molar-refractivity contribution is 0.0417. The number of nitrogens with zero attached hydrogens (tertiary/aromatic N) is 4. The van der Waals surface area contributed by atoms with Crippen LogP contribution in [0.5, 0.6) is 0 Å². The molecule has 1 aliphatic rings. The third kappa shape index (κ3) is 5.32. The Morgan fingerprint density at radius 3 is 2.73 bits per heavy atom. The van der Waals surface area contributed by atoms with Crippen molar-refractivity contribution in [3.63, 3.8) is 0 Å². The SMILES string of the molecule is Cc1ccc(C[C@@H](OC(=O)N2CCC(c3cc4ccccc4[nH]c3=O)CC2)c2nc(-c3ccc(F)cc3)no2)c2cn[nH]c12. The van der Waals surface area contributed by atoms with Gasteiger partial charge in [-0.15, -0.1) is 0 Å². The van der Waals surface area contributed by atoms with Gasteiger partial charge in [0.25, 0.3) is 11.4 Å². The highest BCUT2D eigenvalue weighted by Crippen LogP contribution is 2.31. The topological polar surface area (TPSA) is 130 Å². The molecule has 1 atom stereocenters. The molecule has 0 bridgehead atoms. The maximum absolute atomic E-state index is 13.5. The number of nitrogens with one attached hydrogen (secondary N) is 2. The van der Waals surface area contributed by atoms with Crippen molar-refractivity contribution in [3.8, 4) is 11.4 Å².